The summed E-state index contributed by atoms with van der Waals surface area (Å²) >= 11 is 0. The van der Waals surface area contributed by atoms with E-state index in [1.807, 2.05) is 12.1 Å². The van der Waals surface area contributed by atoms with Gasteiger partial charge in [-0.25, -0.2) is 19.2 Å². The van der Waals surface area contributed by atoms with Crippen LogP contribution in [0.5, 0.6) is 0 Å². The first-order chi connectivity index (χ1) is 36.4. The molecule has 0 fully saturated rings. The first kappa shape index (κ1) is 66.4. The highest BCUT2D eigenvalue weighted by Gasteiger charge is 2.26. The summed E-state index contributed by atoms with van der Waals surface area (Å²) in [6, 6.07) is 10.6. The Hall–Kier alpha value is -3.68. The molecule has 0 unspecified atom stereocenters. The van der Waals surface area contributed by atoms with Gasteiger partial charge in [-0.2, -0.15) is 0 Å². The Balaban J connectivity index is 2.21. The number of hydrogen-bond donors (Lipinski definition) is 0. The van der Waals surface area contributed by atoms with Crippen LogP contribution in [0.3, 0.4) is 0 Å². The number of ether oxygens (including phenoxy) is 4. The lowest BCUT2D eigenvalue weighted by Gasteiger charge is -2.16. The highest BCUT2D eigenvalue weighted by Crippen LogP contribution is 2.25. The molecule has 0 atom stereocenters. The summed E-state index contributed by atoms with van der Waals surface area (Å²) in [5.74, 6) is -2.14. The number of benzene rings is 2. The second-order valence-electron chi connectivity index (χ2n) is 21.5. The lowest BCUT2D eigenvalue weighted by atomic mass is 9.92. The number of hydrogen-bond acceptors (Lipinski definition) is 8. The molecule has 8 heteroatoms. The van der Waals surface area contributed by atoms with Crippen LogP contribution in [0.25, 0.3) is 0 Å². The lowest BCUT2D eigenvalue weighted by molar-refractivity contribution is 0.0448. The Bertz CT molecular complexity index is 1580. The van der Waals surface area contributed by atoms with Crippen molar-refractivity contribution in [1.29, 1.82) is 0 Å². The number of rotatable bonds is 51. The molecular formula is C66H110O8. The van der Waals surface area contributed by atoms with Crippen LogP contribution in [0.2, 0.25) is 0 Å². The van der Waals surface area contributed by atoms with Gasteiger partial charge in [0.15, 0.2) is 0 Å². The molecule has 0 aromatic heterocycles. The number of carbonyl (C=O) groups excluding carboxylic acids is 4. The second-order valence-corrected chi connectivity index (χ2v) is 21.5. The molecule has 0 radical (unpaired) electrons. The van der Waals surface area contributed by atoms with Crippen molar-refractivity contribution >= 4 is 23.9 Å². The number of carbonyl (C=O) groups is 4. The van der Waals surface area contributed by atoms with E-state index in [-0.39, 0.29) is 35.5 Å². The minimum Gasteiger partial charge on any atom is -0.462 e. The molecule has 0 amide bonds. The quantitative estimate of drug-likeness (QED) is 0.0367. The molecule has 0 saturated carbocycles. The Kier molecular flexibility index (Phi) is 42.9. The zero-order chi connectivity index (χ0) is 53.4. The average molecular weight is 1030 g/mol. The van der Waals surface area contributed by atoms with Crippen molar-refractivity contribution in [2.45, 2.75) is 297 Å². The van der Waals surface area contributed by atoms with Gasteiger partial charge in [-0.15, -0.1) is 0 Å². The van der Waals surface area contributed by atoms with E-state index in [1.165, 1.54) is 180 Å². The fourth-order valence-electron chi connectivity index (χ4n) is 10.0. The van der Waals surface area contributed by atoms with Gasteiger partial charge in [0.05, 0.1) is 48.7 Å². The molecule has 0 aliphatic rings. The Morgan fingerprint density at radius 3 is 0.703 bits per heavy atom. The lowest BCUT2D eigenvalue weighted by Crippen LogP contribution is -2.19. The van der Waals surface area contributed by atoms with Gasteiger partial charge in [0.2, 0.25) is 0 Å². The summed E-state index contributed by atoms with van der Waals surface area (Å²) in [4.78, 5) is 55.8. The van der Waals surface area contributed by atoms with Gasteiger partial charge < -0.3 is 18.9 Å². The molecule has 0 spiro atoms. The molecule has 8 nitrogen and oxygen atoms in total. The van der Waals surface area contributed by atoms with Crippen LogP contribution in [-0.4, -0.2) is 50.3 Å². The molecule has 0 heterocycles. The molecule has 74 heavy (non-hydrogen) atoms. The molecule has 2 rings (SSSR count). The molecule has 422 valence electrons. The smallest absolute Gasteiger partial charge is 0.339 e. The number of unbranched alkanes of at least 4 members (excludes halogenated alkanes) is 36. The fraction of sp³-hybridized carbons (Fsp3) is 0.758. The van der Waals surface area contributed by atoms with Crippen molar-refractivity contribution in [2.24, 2.45) is 0 Å². The van der Waals surface area contributed by atoms with Gasteiger partial charge >= 0.3 is 23.9 Å². The monoisotopic (exact) mass is 1030 g/mol. The van der Waals surface area contributed by atoms with Crippen LogP contribution in [-0.2, 0) is 31.8 Å². The highest BCUT2D eigenvalue weighted by molar-refractivity contribution is 6.05. The molecule has 0 aliphatic carbocycles. The van der Waals surface area contributed by atoms with Crippen LogP contribution in [0.15, 0.2) is 36.4 Å². The molecule has 2 aromatic rings. The van der Waals surface area contributed by atoms with E-state index in [9.17, 15) is 19.2 Å². The van der Waals surface area contributed by atoms with Crippen LogP contribution in [0.4, 0.5) is 0 Å². The van der Waals surface area contributed by atoms with Crippen LogP contribution < -0.4 is 0 Å². The van der Waals surface area contributed by atoms with Crippen LogP contribution in [0, 0.1) is 0 Å². The summed E-state index contributed by atoms with van der Waals surface area (Å²) in [5.41, 5.74) is 2.08. The number of aryl methyl sites for hydroxylation is 2. The largest absolute Gasteiger partial charge is 0.462 e. The van der Waals surface area contributed by atoms with E-state index >= 15 is 0 Å². The van der Waals surface area contributed by atoms with E-state index < -0.39 is 23.9 Å². The normalized spacial score (nSPS) is 11.2. The third-order valence-corrected chi connectivity index (χ3v) is 14.7. The second kappa shape index (κ2) is 47.7. The minimum atomic E-state index is -0.539. The van der Waals surface area contributed by atoms with Gasteiger partial charge in [-0.1, -0.05) is 283 Å². The first-order valence-corrected chi connectivity index (χ1v) is 31.3. The van der Waals surface area contributed by atoms with E-state index in [1.54, 1.807) is 24.3 Å². The van der Waals surface area contributed by atoms with Crippen molar-refractivity contribution in [1.82, 2.24) is 0 Å². The maximum absolute atomic E-state index is 14.1. The van der Waals surface area contributed by atoms with Gasteiger partial charge in [0.1, 0.15) is 0 Å². The Labute approximate surface area is 453 Å². The zero-order valence-corrected chi connectivity index (χ0v) is 48.3. The van der Waals surface area contributed by atoms with Crippen LogP contribution in [0.1, 0.15) is 337 Å². The highest BCUT2D eigenvalue weighted by atomic mass is 16.5. The zero-order valence-electron chi connectivity index (χ0n) is 48.3. The van der Waals surface area contributed by atoms with Crippen molar-refractivity contribution < 1.29 is 38.1 Å². The first-order valence-electron chi connectivity index (χ1n) is 31.3. The van der Waals surface area contributed by atoms with Crippen molar-refractivity contribution in [2.75, 3.05) is 26.4 Å². The SMILES string of the molecule is CCCCCCCCCCCCOC(=O)c1cccc(CCc2cccc(C(=O)OCCCCCCCCCCCC)c2C(=O)OCCCCCCCCCCCC)c1C(=O)OCCCCCCCCCCCC. The third kappa shape index (κ3) is 32.7. The number of esters is 4. The van der Waals surface area contributed by atoms with E-state index in [0.717, 1.165) is 77.0 Å². The maximum atomic E-state index is 14.1. The minimum absolute atomic E-state index is 0.197. The standard InChI is InChI=1S/C66H110O8/c1-5-9-13-17-21-25-29-33-37-41-53-71-63(67)59-49-45-47-57(61(59)65(69)73-55-43-39-35-31-27-23-19-15-11-7-3)51-52-58-48-46-50-60(64(68)72-54-42-38-34-30-26-22-18-14-10-6-2)62(58)66(70)74-56-44-40-36-32-28-24-20-16-12-8-4/h45-50H,5-44,51-56H2,1-4H3. The average Bonchev–Trinajstić information content (AvgIpc) is 3.41. The molecular weight excluding hydrogens is 921 g/mol. The van der Waals surface area contributed by atoms with Crippen molar-refractivity contribution in [3.05, 3.63) is 69.8 Å². The van der Waals surface area contributed by atoms with Gasteiger partial charge in [0, 0.05) is 0 Å². The Morgan fingerprint density at radius 2 is 0.473 bits per heavy atom. The van der Waals surface area contributed by atoms with Crippen molar-refractivity contribution in [3.8, 4) is 0 Å². The van der Waals surface area contributed by atoms with Crippen molar-refractivity contribution in [3.63, 3.8) is 0 Å². The molecule has 0 N–H and O–H groups in total. The van der Waals surface area contributed by atoms with E-state index in [4.69, 9.17) is 18.9 Å². The van der Waals surface area contributed by atoms with Crippen LogP contribution >= 0.6 is 0 Å². The summed E-state index contributed by atoms with van der Waals surface area (Å²) in [7, 11) is 0. The Morgan fingerprint density at radius 1 is 0.270 bits per heavy atom. The molecule has 0 bridgehead atoms. The summed E-state index contributed by atoms with van der Waals surface area (Å²) in [6.07, 6.45) is 47.7. The molecule has 2 aromatic carbocycles. The molecule has 0 aliphatic heterocycles. The van der Waals surface area contributed by atoms with Gasteiger partial charge in [-0.3, -0.25) is 0 Å². The van der Waals surface area contributed by atoms with Gasteiger partial charge in [-0.05, 0) is 61.8 Å². The third-order valence-electron chi connectivity index (χ3n) is 14.7. The summed E-state index contributed by atoms with van der Waals surface area (Å²) in [5, 5.41) is 0. The fourth-order valence-corrected chi connectivity index (χ4v) is 10.0. The predicted octanol–water partition coefficient (Wildman–Crippen LogP) is 19.8. The molecule has 0 saturated heterocycles. The maximum Gasteiger partial charge on any atom is 0.339 e. The van der Waals surface area contributed by atoms with E-state index in [0.29, 0.717) is 37.2 Å². The van der Waals surface area contributed by atoms with E-state index in [2.05, 4.69) is 27.7 Å². The topological polar surface area (TPSA) is 105 Å². The summed E-state index contributed by atoms with van der Waals surface area (Å²) < 4.78 is 23.5. The van der Waals surface area contributed by atoms with Gasteiger partial charge in [0.25, 0.3) is 0 Å². The predicted molar refractivity (Wildman–Crippen MR) is 309 cm³/mol. The summed E-state index contributed by atoms with van der Waals surface area (Å²) in [6.45, 7) is 10.1.